The van der Waals surface area contributed by atoms with Crippen molar-refractivity contribution in [2.75, 3.05) is 16.4 Å². The van der Waals surface area contributed by atoms with Gasteiger partial charge in [-0.15, -0.1) is 0 Å². The molecule has 0 N–H and O–H groups in total. The first-order valence-corrected chi connectivity index (χ1v) is 10.7. The van der Waals surface area contributed by atoms with Crippen LogP contribution in [-0.2, 0) is 14.6 Å². The van der Waals surface area contributed by atoms with Crippen LogP contribution in [0.3, 0.4) is 0 Å². The molecule has 0 bridgehead atoms. The lowest BCUT2D eigenvalue weighted by Crippen LogP contribution is -2.38. The van der Waals surface area contributed by atoms with Crippen molar-refractivity contribution in [1.82, 2.24) is 0 Å². The Labute approximate surface area is 151 Å². The van der Waals surface area contributed by atoms with Crippen molar-refractivity contribution in [3.05, 3.63) is 29.6 Å². The number of rotatable bonds is 1. The Hall–Kier alpha value is -1.41. The number of amides is 1. The molecule has 5 nitrogen and oxygen atoms in total. The zero-order chi connectivity index (χ0) is 18.6. The average molecular weight is 384 g/mol. The highest BCUT2D eigenvalue weighted by Gasteiger charge is 2.49. The van der Waals surface area contributed by atoms with Crippen LogP contribution in [0.5, 0.6) is 0 Å². The van der Waals surface area contributed by atoms with Crippen LogP contribution in [0.4, 0.5) is 10.1 Å². The Morgan fingerprint density at radius 3 is 2.60 bits per heavy atom. The predicted molar refractivity (Wildman–Crippen MR) is 99.3 cm³/mol. The zero-order valence-corrected chi connectivity index (χ0v) is 16.2. The molecule has 2 unspecified atom stereocenters. The van der Waals surface area contributed by atoms with E-state index in [0.717, 1.165) is 0 Å². The van der Waals surface area contributed by atoms with Gasteiger partial charge in [0.15, 0.2) is 15.0 Å². The molecular formula is C17H21FN2O3S2. The standard InChI is InChI=1S/C17H21FN2O3S2/c1-10-5-6-11(7-12(10)18)20-13-8-25(22,23)9-14(13)24-16(20)19-15(21)17(2,3)4/h5-7,13-14H,8-9H2,1-4H3. The van der Waals surface area contributed by atoms with E-state index < -0.39 is 15.3 Å². The first-order chi connectivity index (χ1) is 11.5. The van der Waals surface area contributed by atoms with E-state index in [9.17, 15) is 17.6 Å². The Morgan fingerprint density at radius 2 is 2.00 bits per heavy atom. The summed E-state index contributed by atoms with van der Waals surface area (Å²) in [4.78, 5) is 18.3. The van der Waals surface area contributed by atoms with Gasteiger partial charge in [-0.05, 0) is 24.6 Å². The van der Waals surface area contributed by atoms with Gasteiger partial charge in [-0.25, -0.2) is 12.8 Å². The minimum Gasteiger partial charge on any atom is -0.315 e. The lowest BCUT2D eigenvalue weighted by molar-refractivity contribution is -0.124. The van der Waals surface area contributed by atoms with Gasteiger partial charge in [-0.3, -0.25) is 4.79 Å². The molecule has 0 radical (unpaired) electrons. The van der Waals surface area contributed by atoms with Crippen molar-refractivity contribution < 1.29 is 17.6 Å². The minimum absolute atomic E-state index is 0.0110. The third-order valence-electron chi connectivity index (χ3n) is 4.34. The maximum Gasteiger partial charge on any atom is 0.253 e. The first kappa shape index (κ1) is 18.4. The number of fused-ring (bicyclic) bond motifs is 1. The quantitative estimate of drug-likeness (QED) is 0.745. The Balaban J connectivity index is 2.05. The van der Waals surface area contributed by atoms with Crippen molar-refractivity contribution in [2.24, 2.45) is 10.4 Å². The lowest BCUT2D eigenvalue weighted by atomic mass is 9.96. The number of benzene rings is 1. The van der Waals surface area contributed by atoms with Gasteiger partial charge in [0.2, 0.25) is 0 Å². The summed E-state index contributed by atoms with van der Waals surface area (Å²) in [6.07, 6.45) is 0. The van der Waals surface area contributed by atoms with E-state index in [4.69, 9.17) is 0 Å². The SMILES string of the molecule is Cc1ccc(N2C(=NC(=O)C(C)(C)C)SC3CS(=O)(=O)CC32)cc1F. The number of hydrogen-bond acceptors (Lipinski definition) is 4. The number of nitrogens with zero attached hydrogens (tertiary/aromatic N) is 2. The summed E-state index contributed by atoms with van der Waals surface area (Å²) in [6, 6.07) is 4.43. The molecule has 2 fully saturated rings. The van der Waals surface area contributed by atoms with Crippen molar-refractivity contribution >= 4 is 38.4 Å². The summed E-state index contributed by atoms with van der Waals surface area (Å²) >= 11 is 1.29. The average Bonchev–Trinajstić information content (AvgIpc) is 2.92. The summed E-state index contributed by atoms with van der Waals surface area (Å²) in [5.74, 6) is -0.609. The molecule has 0 saturated carbocycles. The van der Waals surface area contributed by atoms with E-state index in [0.29, 0.717) is 16.4 Å². The second-order valence-corrected chi connectivity index (χ2v) is 10.9. The number of aliphatic imine (C=N–C) groups is 1. The number of aryl methyl sites for hydroxylation is 1. The molecule has 2 aliphatic rings. The van der Waals surface area contributed by atoms with Gasteiger partial charge < -0.3 is 4.90 Å². The monoisotopic (exact) mass is 384 g/mol. The molecule has 1 aromatic rings. The van der Waals surface area contributed by atoms with Crippen LogP contribution >= 0.6 is 11.8 Å². The van der Waals surface area contributed by atoms with Gasteiger partial charge in [0.25, 0.3) is 5.91 Å². The number of anilines is 1. The summed E-state index contributed by atoms with van der Waals surface area (Å²) in [7, 11) is -3.14. The second kappa shape index (κ2) is 6.09. The topological polar surface area (TPSA) is 66.8 Å². The molecule has 25 heavy (non-hydrogen) atoms. The van der Waals surface area contributed by atoms with Gasteiger partial charge in [-0.1, -0.05) is 38.6 Å². The highest BCUT2D eigenvalue weighted by atomic mass is 32.2. The molecule has 136 valence electrons. The van der Waals surface area contributed by atoms with Crippen LogP contribution < -0.4 is 4.90 Å². The van der Waals surface area contributed by atoms with E-state index >= 15 is 0 Å². The normalized spacial score (nSPS) is 26.9. The summed E-state index contributed by atoms with van der Waals surface area (Å²) in [6.45, 7) is 7.00. The zero-order valence-electron chi connectivity index (χ0n) is 14.6. The number of carbonyl (C=O) groups excluding carboxylic acids is 1. The maximum absolute atomic E-state index is 14.0. The Bertz CT molecular complexity index is 859. The third-order valence-corrected chi connectivity index (χ3v) is 7.55. The van der Waals surface area contributed by atoms with Gasteiger partial charge in [0.05, 0.1) is 17.5 Å². The molecule has 0 aromatic heterocycles. The number of amidine groups is 1. The summed E-state index contributed by atoms with van der Waals surface area (Å²) < 4.78 is 38.1. The molecule has 2 heterocycles. The van der Waals surface area contributed by atoms with E-state index in [1.54, 1.807) is 44.7 Å². The second-order valence-electron chi connectivity index (χ2n) is 7.55. The molecule has 0 spiro atoms. The highest BCUT2D eigenvalue weighted by molar-refractivity contribution is 8.16. The number of sulfone groups is 1. The molecule has 2 saturated heterocycles. The smallest absolute Gasteiger partial charge is 0.253 e. The molecule has 0 aliphatic carbocycles. The molecule has 2 aliphatic heterocycles. The predicted octanol–water partition coefficient (Wildman–Crippen LogP) is 2.78. The highest BCUT2D eigenvalue weighted by Crippen LogP contribution is 2.41. The number of carbonyl (C=O) groups is 1. The fraction of sp³-hybridized carbons (Fsp3) is 0.529. The van der Waals surface area contributed by atoms with Crippen molar-refractivity contribution in [1.29, 1.82) is 0 Å². The lowest BCUT2D eigenvalue weighted by Gasteiger charge is -2.25. The van der Waals surface area contributed by atoms with Crippen LogP contribution in [0.2, 0.25) is 0 Å². The van der Waals surface area contributed by atoms with Crippen molar-refractivity contribution in [2.45, 2.75) is 39.0 Å². The largest absolute Gasteiger partial charge is 0.315 e. The third kappa shape index (κ3) is 3.60. The maximum atomic E-state index is 14.0. The molecular weight excluding hydrogens is 363 g/mol. The summed E-state index contributed by atoms with van der Waals surface area (Å²) in [5.41, 5.74) is 0.401. The fourth-order valence-corrected chi connectivity index (χ4v) is 6.76. The van der Waals surface area contributed by atoms with Gasteiger partial charge in [-0.2, -0.15) is 4.99 Å². The number of thioether (sulfide) groups is 1. The number of halogens is 1. The molecule has 3 rings (SSSR count). The molecule has 2 atom stereocenters. The van der Waals surface area contributed by atoms with E-state index in [1.807, 2.05) is 0 Å². The van der Waals surface area contributed by atoms with Crippen LogP contribution in [-0.4, -0.2) is 42.3 Å². The van der Waals surface area contributed by atoms with Gasteiger partial charge >= 0.3 is 0 Å². The first-order valence-electron chi connectivity index (χ1n) is 8.03. The molecule has 8 heteroatoms. The van der Waals surface area contributed by atoms with E-state index in [2.05, 4.69) is 4.99 Å². The van der Waals surface area contributed by atoms with E-state index in [1.165, 1.54) is 17.8 Å². The summed E-state index contributed by atoms with van der Waals surface area (Å²) in [5, 5.41) is 0.258. The fourth-order valence-electron chi connectivity index (χ4n) is 2.85. The Kier molecular flexibility index (Phi) is 4.48. The van der Waals surface area contributed by atoms with Crippen LogP contribution in [0.25, 0.3) is 0 Å². The number of hydrogen-bond donors (Lipinski definition) is 0. The van der Waals surface area contributed by atoms with Crippen LogP contribution in [0, 0.1) is 18.2 Å². The minimum atomic E-state index is -3.14. The van der Waals surface area contributed by atoms with Crippen LogP contribution in [0.15, 0.2) is 23.2 Å². The van der Waals surface area contributed by atoms with E-state index in [-0.39, 0.29) is 34.5 Å². The molecule has 1 amide bonds. The van der Waals surface area contributed by atoms with Gasteiger partial charge in [0.1, 0.15) is 5.82 Å². The van der Waals surface area contributed by atoms with Gasteiger partial charge in [0, 0.05) is 16.4 Å². The van der Waals surface area contributed by atoms with Crippen molar-refractivity contribution in [3.8, 4) is 0 Å². The van der Waals surface area contributed by atoms with Crippen molar-refractivity contribution in [3.63, 3.8) is 0 Å². The van der Waals surface area contributed by atoms with Crippen LogP contribution in [0.1, 0.15) is 26.3 Å². The molecule has 1 aromatic carbocycles. The Morgan fingerprint density at radius 1 is 1.32 bits per heavy atom.